The predicted molar refractivity (Wildman–Crippen MR) is 77.0 cm³/mol. The number of thiazole rings is 1. The number of nitrogens with zero attached hydrogens (tertiary/aromatic N) is 2. The van der Waals surface area contributed by atoms with Crippen LogP contribution in [0.15, 0.2) is 34.7 Å². The summed E-state index contributed by atoms with van der Waals surface area (Å²) in [6.45, 7) is 2.29. The van der Waals surface area contributed by atoms with Crippen LogP contribution in [0.1, 0.15) is 11.1 Å². The number of hydrogen-bond acceptors (Lipinski definition) is 4. The third kappa shape index (κ3) is 3.33. The molecule has 0 fully saturated rings. The maximum Gasteiger partial charge on any atom is 0.254 e. The van der Waals surface area contributed by atoms with Gasteiger partial charge in [-0.2, -0.15) is 4.31 Å². The lowest BCUT2D eigenvalue weighted by atomic mass is 10.1. The van der Waals surface area contributed by atoms with Crippen molar-refractivity contribution in [1.82, 2.24) is 9.29 Å². The van der Waals surface area contributed by atoms with Crippen molar-refractivity contribution in [3.8, 4) is 0 Å². The number of hydrogen-bond donors (Lipinski definition) is 0. The molecular weight excluding hydrogens is 304 g/mol. The van der Waals surface area contributed by atoms with Crippen LogP contribution in [0.25, 0.3) is 0 Å². The monoisotopic (exact) mass is 316 g/mol. The fourth-order valence-corrected chi connectivity index (χ4v) is 4.33. The maximum atomic E-state index is 12.3. The van der Waals surface area contributed by atoms with Crippen molar-refractivity contribution >= 4 is 33.0 Å². The van der Waals surface area contributed by atoms with Crippen molar-refractivity contribution in [2.45, 2.75) is 17.7 Å². The summed E-state index contributed by atoms with van der Waals surface area (Å²) >= 11 is 6.64. The zero-order valence-electron chi connectivity index (χ0n) is 10.5. The highest BCUT2D eigenvalue weighted by Crippen LogP contribution is 2.25. The molecule has 0 aliphatic heterocycles. The summed E-state index contributed by atoms with van der Waals surface area (Å²) in [5, 5.41) is 0. The van der Waals surface area contributed by atoms with E-state index in [9.17, 15) is 8.42 Å². The zero-order chi connectivity index (χ0) is 14.0. The van der Waals surface area contributed by atoms with Crippen molar-refractivity contribution < 1.29 is 8.42 Å². The van der Waals surface area contributed by atoms with Gasteiger partial charge in [0.2, 0.25) is 0 Å². The molecule has 0 spiro atoms. The molecule has 0 unspecified atom stereocenters. The van der Waals surface area contributed by atoms with Crippen LogP contribution in [0, 0.1) is 6.92 Å². The number of benzene rings is 1. The highest BCUT2D eigenvalue weighted by Gasteiger charge is 2.23. The minimum atomic E-state index is -3.52. The van der Waals surface area contributed by atoms with E-state index in [-0.39, 0.29) is 8.68 Å². The fourth-order valence-electron chi connectivity index (χ4n) is 1.66. The Hall–Kier alpha value is -0.950. The highest BCUT2D eigenvalue weighted by molar-refractivity contribution is 7.91. The van der Waals surface area contributed by atoms with Crippen molar-refractivity contribution in [3.63, 3.8) is 0 Å². The van der Waals surface area contributed by atoms with Crippen LogP contribution >= 0.6 is 22.9 Å². The largest absolute Gasteiger partial charge is 0.254 e. The van der Waals surface area contributed by atoms with E-state index in [0.717, 1.165) is 22.5 Å². The second-order valence-electron chi connectivity index (χ2n) is 4.18. The first kappa shape index (κ1) is 14.5. The van der Waals surface area contributed by atoms with Gasteiger partial charge in [-0.3, -0.25) is 0 Å². The molecule has 19 heavy (non-hydrogen) atoms. The summed E-state index contributed by atoms with van der Waals surface area (Å²) in [6.07, 6.45) is 1.29. The van der Waals surface area contributed by atoms with Crippen LogP contribution in [0.5, 0.6) is 0 Å². The summed E-state index contributed by atoms with van der Waals surface area (Å²) in [6, 6.07) is 7.75. The van der Waals surface area contributed by atoms with E-state index in [4.69, 9.17) is 11.6 Å². The van der Waals surface area contributed by atoms with E-state index >= 15 is 0 Å². The maximum absolute atomic E-state index is 12.3. The van der Waals surface area contributed by atoms with Crippen LogP contribution in [0.3, 0.4) is 0 Å². The topological polar surface area (TPSA) is 50.3 Å². The van der Waals surface area contributed by atoms with Crippen molar-refractivity contribution in [2.75, 3.05) is 7.05 Å². The standard InChI is InChI=1S/C12H13ClN2O2S2/c1-9-4-3-5-10(6-9)8-15(2)19(16,17)11-7-14-12(13)18-11/h3-7H,8H2,1-2H3. The van der Waals surface area contributed by atoms with Gasteiger partial charge in [-0.15, -0.1) is 0 Å². The van der Waals surface area contributed by atoms with E-state index in [0.29, 0.717) is 6.54 Å². The Balaban J connectivity index is 2.22. The molecule has 2 rings (SSSR count). The number of sulfonamides is 1. The van der Waals surface area contributed by atoms with Gasteiger partial charge in [0.25, 0.3) is 10.0 Å². The molecule has 4 nitrogen and oxygen atoms in total. The molecule has 0 amide bonds. The lowest BCUT2D eigenvalue weighted by Crippen LogP contribution is -2.25. The van der Waals surface area contributed by atoms with Crippen LogP contribution in [-0.2, 0) is 16.6 Å². The van der Waals surface area contributed by atoms with Gasteiger partial charge in [0.15, 0.2) is 8.68 Å². The van der Waals surface area contributed by atoms with Gasteiger partial charge in [-0.05, 0) is 12.5 Å². The summed E-state index contributed by atoms with van der Waals surface area (Å²) in [5.41, 5.74) is 2.05. The van der Waals surface area contributed by atoms with Crippen LogP contribution < -0.4 is 0 Å². The number of aryl methyl sites for hydroxylation is 1. The molecule has 2 aromatic rings. The summed E-state index contributed by atoms with van der Waals surface area (Å²) in [4.78, 5) is 3.76. The van der Waals surface area contributed by atoms with Crippen LogP contribution in [0.2, 0.25) is 4.47 Å². The Kier molecular flexibility index (Phi) is 4.25. The molecule has 0 bridgehead atoms. The van der Waals surface area contributed by atoms with Crippen molar-refractivity contribution in [3.05, 3.63) is 46.1 Å². The second-order valence-corrected chi connectivity index (χ2v) is 8.07. The highest BCUT2D eigenvalue weighted by atomic mass is 35.5. The van der Waals surface area contributed by atoms with Crippen molar-refractivity contribution in [1.29, 1.82) is 0 Å². The van der Waals surface area contributed by atoms with E-state index in [1.54, 1.807) is 7.05 Å². The minimum absolute atomic E-state index is 0.160. The van der Waals surface area contributed by atoms with Gasteiger partial charge in [0.1, 0.15) is 0 Å². The van der Waals surface area contributed by atoms with Gasteiger partial charge < -0.3 is 0 Å². The molecule has 1 heterocycles. The number of aromatic nitrogens is 1. The Morgan fingerprint density at radius 3 is 2.74 bits per heavy atom. The molecule has 0 saturated heterocycles. The molecule has 102 valence electrons. The first-order chi connectivity index (χ1) is 8.89. The second kappa shape index (κ2) is 5.58. The van der Waals surface area contributed by atoms with E-state index < -0.39 is 10.0 Å². The molecule has 0 aliphatic rings. The Labute approximate surface area is 121 Å². The van der Waals surface area contributed by atoms with Gasteiger partial charge >= 0.3 is 0 Å². The summed E-state index contributed by atoms with van der Waals surface area (Å²) in [7, 11) is -1.98. The summed E-state index contributed by atoms with van der Waals surface area (Å²) < 4.78 is 26.2. The first-order valence-corrected chi connectivity index (χ1v) is 8.16. The Morgan fingerprint density at radius 1 is 1.42 bits per heavy atom. The van der Waals surface area contributed by atoms with Gasteiger partial charge in [0.05, 0.1) is 6.20 Å². The lowest BCUT2D eigenvalue weighted by Gasteiger charge is -2.16. The van der Waals surface area contributed by atoms with E-state index in [2.05, 4.69) is 4.98 Å². The van der Waals surface area contributed by atoms with E-state index in [1.807, 2.05) is 31.2 Å². The SMILES string of the molecule is Cc1cccc(CN(C)S(=O)(=O)c2cnc(Cl)s2)c1. The molecule has 7 heteroatoms. The average molecular weight is 317 g/mol. The molecule has 0 aliphatic carbocycles. The molecule has 0 radical (unpaired) electrons. The molecule has 1 aromatic heterocycles. The predicted octanol–water partition coefficient (Wildman–Crippen LogP) is 2.93. The molecule has 0 N–H and O–H groups in total. The minimum Gasteiger partial charge on any atom is -0.232 e. The van der Waals surface area contributed by atoms with E-state index in [1.165, 1.54) is 10.5 Å². The third-order valence-corrected chi connectivity index (χ3v) is 5.96. The fraction of sp³-hybridized carbons (Fsp3) is 0.250. The van der Waals surface area contributed by atoms with Gasteiger partial charge in [-0.25, -0.2) is 13.4 Å². The van der Waals surface area contributed by atoms with Crippen molar-refractivity contribution in [2.24, 2.45) is 0 Å². The first-order valence-electron chi connectivity index (χ1n) is 5.53. The van der Waals surface area contributed by atoms with Crippen LogP contribution in [0.4, 0.5) is 0 Å². The van der Waals surface area contributed by atoms with Gasteiger partial charge in [0, 0.05) is 13.6 Å². The molecule has 0 atom stereocenters. The molecule has 1 aromatic carbocycles. The quantitative estimate of drug-likeness (QED) is 0.871. The Morgan fingerprint density at radius 2 is 2.16 bits per heavy atom. The zero-order valence-corrected chi connectivity index (χ0v) is 12.9. The van der Waals surface area contributed by atoms with Crippen LogP contribution in [-0.4, -0.2) is 24.8 Å². The molecule has 0 saturated carbocycles. The summed E-state index contributed by atoms with van der Waals surface area (Å²) in [5.74, 6) is 0. The number of rotatable bonds is 4. The smallest absolute Gasteiger partial charge is 0.232 e. The molecular formula is C12H13ClN2O2S2. The average Bonchev–Trinajstić information content (AvgIpc) is 2.76. The lowest BCUT2D eigenvalue weighted by molar-refractivity contribution is 0.468. The Bertz CT molecular complexity index is 683. The number of halogens is 1. The third-order valence-electron chi connectivity index (χ3n) is 2.61. The normalized spacial score (nSPS) is 12.0. The van der Waals surface area contributed by atoms with Gasteiger partial charge in [-0.1, -0.05) is 52.8 Å².